The summed E-state index contributed by atoms with van der Waals surface area (Å²) in [4.78, 5) is 14.1. The van der Waals surface area contributed by atoms with Gasteiger partial charge in [0.2, 0.25) is 10.0 Å². The number of rotatable bonds is 4. The third-order valence-corrected chi connectivity index (χ3v) is 4.11. The number of nitrogens with two attached hydrogens (primary N) is 1. The van der Waals surface area contributed by atoms with Crippen LogP contribution in [-0.2, 0) is 10.0 Å². The van der Waals surface area contributed by atoms with Crippen molar-refractivity contribution in [1.82, 2.24) is 4.90 Å². The molecule has 0 saturated heterocycles. The maximum Gasteiger partial charge on any atom is 0.254 e. The predicted molar refractivity (Wildman–Crippen MR) is 72.3 cm³/mol. The topological polar surface area (TPSA) is 80.5 Å². The number of nitrogens with zero attached hydrogens (tertiary/aromatic N) is 1. The van der Waals surface area contributed by atoms with Crippen LogP contribution in [0, 0.1) is 6.92 Å². The van der Waals surface area contributed by atoms with E-state index in [9.17, 15) is 13.2 Å². The fraction of sp³-hybridized carbons (Fsp3) is 0.462. The van der Waals surface area contributed by atoms with Crippen molar-refractivity contribution in [1.29, 1.82) is 0 Å². The third kappa shape index (κ3) is 3.13. The molecule has 1 saturated carbocycles. The van der Waals surface area contributed by atoms with E-state index in [0.717, 1.165) is 12.8 Å². The minimum atomic E-state index is -3.79. The van der Waals surface area contributed by atoms with Gasteiger partial charge in [0, 0.05) is 18.2 Å². The molecule has 1 aliphatic rings. The maximum absolute atomic E-state index is 12.4. The summed E-state index contributed by atoms with van der Waals surface area (Å²) in [5.41, 5.74) is 1.10. The average Bonchev–Trinajstić information content (AvgIpc) is 3.12. The fourth-order valence-corrected chi connectivity index (χ4v) is 2.80. The lowest BCUT2D eigenvalue weighted by atomic mass is 10.1. The monoisotopic (exact) mass is 282 g/mol. The first-order valence-corrected chi connectivity index (χ1v) is 7.83. The number of sulfonamides is 1. The van der Waals surface area contributed by atoms with Crippen LogP contribution in [0.1, 0.15) is 35.7 Å². The summed E-state index contributed by atoms with van der Waals surface area (Å²) in [6, 6.07) is 4.83. The summed E-state index contributed by atoms with van der Waals surface area (Å²) >= 11 is 0. The Morgan fingerprint density at radius 1 is 1.37 bits per heavy atom. The minimum Gasteiger partial charge on any atom is -0.336 e. The van der Waals surface area contributed by atoms with Crippen molar-refractivity contribution in [2.24, 2.45) is 5.14 Å². The Bertz CT molecular complexity index is 606. The van der Waals surface area contributed by atoms with Gasteiger partial charge in [-0.05, 0) is 50.5 Å². The lowest BCUT2D eigenvalue weighted by Gasteiger charge is -2.20. The highest BCUT2D eigenvalue weighted by Crippen LogP contribution is 2.28. The van der Waals surface area contributed by atoms with Crippen LogP contribution >= 0.6 is 0 Å². The summed E-state index contributed by atoms with van der Waals surface area (Å²) in [6.45, 7) is 4.30. The second kappa shape index (κ2) is 4.94. The molecule has 0 radical (unpaired) electrons. The molecule has 0 aliphatic heterocycles. The first kappa shape index (κ1) is 14.0. The van der Waals surface area contributed by atoms with Gasteiger partial charge < -0.3 is 4.90 Å². The first-order valence-electron chi connectivity index (χ1n) is 6.28. The molecule has 104 valence electrons. The Hall–Kier alpha value is -1.40. The Balaban J connectivity index is 2.39. The Morgan fingerprint density at radius 3 is 2.47 bits per heavy atom. The van der Waals surface area contributed by atoms with E-state index in [1.165, 1.54) is 12.1 Å². The zero-order chi connectivity index (χ0) is 14.2. The second-order valence-corrected chi connectivity index (χ2v) is 6.46. The van der Waals surface area contributed by atoms with E-state index in [-0.39, 0.29) is 10.8 Å². The minimum absolute atomic E-state index is 0.0114. The standard InChI is InChI=1S/C13H18N2O3S/c1-3-15(11-4-5-11)13(16)10-6-9(2)7-12(8-10)19(14,17)18/h6-8,11H,3-5H2,1-2H3,(H2,14,17,18). The number of carbonyl (C=O) groups excluding carboxylic acids is 1. The third-order valence-electron chi connectivity index (χ3n) is 3.22. The molecule has 0 spiro atoms. The Morgan fingerprint density at radius 2 is 2.00 bits per heavy atom. The zero-order valence-electron chi connectivity index (χ0n) is 11.1. The molecule has 1 aromatic carbocycles. The Labute approximate surface area is 113 Å². The lowest BCUT2D eigenvalue weighted by Crippen LogP contribution is -2.33. The molecule has 0 bridgehead atoms. The second-order valence-electron chi connectivity index (χ2n) is 4.90. The van der Waals surface area contributed by atoms with Crippen LogP contribution in [0.5, 0.6) is 0 Å². The van der Waals surface area contributed by atoms with Gasteiger partial charge in [0.05, 0.1) is 4.90 Å². The molecule has 0 unspecified atom stereocenters. The van der Waals surface area contributed by atoms with Gasteiger partial charge in [-0.25, -0.2) is 13.6 Å². The van der Waals surface area contributed by atoms with E-state index in [0.29, 0.717) is 23.7 Å². The molecule has 1 aromatic rings. The molecule has 2 N–H and O–H groups in total. The fourth-order valence-electron chi connectivity index (χ4n) is 2.16. The van der Waals surface area contributed by atoms with Crippen molar-refractivity contribution >= 4 is 15.9 Å². The Kier molecular flexibility index (Phi) is 3.64. The highest BCUT2D eigenvalue weighted by Gasteiger charge is 2.32. The molecule has 2 rings (SSSR count). The lowest BCUT2D eigenvalue weighted by molar-refractivity contribution is 0.0752. The van der Waals surface area contributed by atoms with Gasteiger partial charge in [0.25, 0.3) is 5.91 Å². The molecule has 0 aromatic heterocycles. The molecule has 1 fully saturated rings. The number of aryl methyl sites for hydroxylation is 1. The van der Waals surface area contributed by atoms with E-state index in [1.54, 1.807) is 17.9 Å². The molecule has 1 amide bonds. The van der Waals surface area contributed by atoms with Gasteiger partial charge in [-0.15, -0.1) is 0 Å². The van der Waals surface area contributed by atoms with Crippen LogP contribution in [-0.4, -0.2) is 31.8 Å². The molecule has 6 heteroatoms. The quantitative estimate of drug-likeness (QED) is 0.903. The van der Waals surface area contributed by atoms with Gasteiger partial charge in [0.15, 0.2) is 0 Å². The summed E-state index contributed by atoms with van der Waals surface area (Å²) < 4.78 is 22.8. The SMILES string of the molecule is CCN(C(=O)c1cc(C)cc(S(N)(=O)=O)c1)C1CC1. The van der Waals surface area contributed by atoms with Gasteiger partial charge in [0.1, 0.15) is 0 Å². The van der Waals surface area contributed by atoms with Crippen LogP contribution in [0.4, 0.5) is 0 Å². The van der Waals surface area contributed by atoms with Crippen molar-refractivity contribution < 1.29 is 13.2 Å². The number of amides is 1. The van der Waals surface area contributed by atoms with Gasteiger partial charge >= 0.3 is 0 Å². The highest BCUT2D eigenvalue weighted by molar-refractivity contribution is 7.89. The van der Waals surface area contributed by atoms with Crippen LogP contribution in [0.15, 0.2) is 23.1 Å². The van der Waals surface area contributed by atoms with Crippen molar-refractivity contribution in [2.75, 3.05) is 6.54 Å². The largest absolute Gasteiger partial charge is 0.336 e. The van der Waals surface area contributed by atoms with E-state index in [2.05, 4.69) is 0 Å². The molecule has 5 nitrogen and oxygen atoms in total. The molecule has 0 heterocycles. The molecular formula is C13H18N2O3S. The van der Waals surface area contributed by atoms with Crippen LogP contribution in [0.3, 0.4) is 0 Å². The van der Waals surface area contributed by atoms with Gasteiger partial charge in [-0.3, -0.25) is 4.79 Å². The summed E-state index contributed by atoms with van der Waals surface area (Å²) in [6.07, 6.45) is 2.04. The van der Waals surface area contributed by atoms with E-state index < -0.39 is 10.0 Å². The number of hydrogen-bond acceptors (Lipinski definition) is 3. The van der Waals surface area contributed by atoms with Crippen LogP contribution < -0.4 is 5.14 Å². The van der Waals surface area contributed by atoms with Crippen LogP contribution in [0.2, 0.25) is 0 Å². The maximum atomic E-state index is 12.4. The normalized spacial score (nSPS) is 15.3. The van der Waals surface area contributed by atoms with E-state index >= 15 is 0 Å². The van der Waals surface area contributed by atoms with Crippen molar-refractivity contribution in [2.45, 2.75) is 37.6 Å². The summed E-state index contributed by atoms with van der Waals surface area (Å²) in [5.74, 6) is -0.126. The van der Waals surface area contributed by atoms with E-state index in [4.69, 9.17) is 5.14 Å². The van der Waals surface area contributed by atoms with Crippen LogP contribution in [0.25, 0.3) is 0 Å². The number of hydrogen-bond donors (Lipinski definition) is 1. The molecule has 0 atom stereocenters. The number of benzene rings is 1. The smallest absolute Gasteiger partial charge is 0.254 e. The van der Waals surface area contributed by atoms with Gasteiger partial charge in [-0.1, -0.05) is 0 Å². The number of carbonyl (C=O) groups is 1. The zero-order valence-corrected chi connectivity index (χ0v) is 11.9. The predicted octanol–water partition coefficient (Wildman–Crippen LogP) is 1.27. The van der Waals surface area contributed by atoms with Gasteiger partial charge in [-0.2, -0.15) is 0 Å². The van der Waals surface area contributed by atoms with Crippen molar-refractivity contribution in [3.05, 3.63) is 29.3 Å². The molecular weight excluding hydrogens is 264 g/mol. The highest BCUT2D eigenvalue weighted by atomic mass is 32.2. The molecule has 19 heavy (non-hydrogen) atoms. The van der Waals surface area contributed by atoms with Crippen molar-refractivity contribution in [3.63, 3.8) is 0 Å². The summed E-state index contributed by atoms with van der Waals surface area (Å²) in [7, 11) is -3.79. The first-order chi connectivity index (χ1) is 8.82. The van der Waals surface area contributed by atoms with E-state index in [1.807, 2.05) is 6.92 Å². The average molecular weight is 282 g/mol. The van der Waals surface area contributed by atoms with Crippen molar-refractivity contribution in [3.8, 4) is 0 Å². The number of primary sulfonamides is 1. The summed E-state index contributed by atoms with van der Waals surface area (Å²) in [5, 5.41) is 5.12. The molecule has 1 aliphatic carbocycles.